The lowest BCUT2D eigenvalue weighted by molar-refractivity contribution is 0.103. The van der Waals surface area contributed by atoms with Gasteiger partial charge in [0.1, 0.15) is 22.5 Å². The molecule has 4 aromatic carbocycles. The van der Waals surface area contributed by atoms with E-state index in [2.05, 4.69) is 73.7 Å². The Bertz CT molecular complexity index is 2100. The van der Waals surface area contributed by atoms with Crippen LogP contribution >= 0.6 is 0 Å². The molecule has 0 bridgehead atoms. The second-order valence-electron chi connectivity index (χ2n) is 11.4. The van der Waals surface area contributed by atoms with Crippen LogP contribution in [0.3, 0.4) is 0 Å². The highest BCUT2D eigenvalue weighted by Gasteiger charge is 2.31. The Labute approximate surface area is 238 Å². The van der Waals surface area contributed by atoms with Gasteiger partial charge in [-0.25, -0.2) is 0 Å². The highest BCUT2D eigenvalue weighted by Crippen LogP contribution is 2.42. The molecule has 2 heterocycles. The molecule has 3 heteroatoms. The molecule has 0 N–H and O–H groups in total. The van der Waals surface area contributed by atoms with Crippen molar-refractivity contribution in [1.82, 2.24) is 0 Å². The summed E-state index contributed by atoms with van der Waals surface area (Å²) in [5.74, 6) is 1.11. The Kier molecular flexibility index (Phi) is 5.30. The van der Waals surface area contributed by atoms with Gasteiger partial charge in [0, 0.05) is 55.8 Å². The van der Waals surface area contributed by atoms with Crippen LogP contribution in [0, 0.1) is 0 Å². The van der Waals surface area contributed by atoms with E-state index in [1.807, 2.05) is 48.5 Å². The first-order valence-electron chi connectivity index (χ1n) is 14.3. The zero-order valence-electron chi connectivity index (χ0n) is 22.8. The fourth-order valence-electron chi connectivity index (χ4n) is 6.46. The van der Waals surface area contributed by atoms with Gasteiger partial charge in [0.15, 0.2) is 5.78 Å². The molecular weight excluding hydrogens is 504 g/mol. The van der Waals surface area contributed by atoms with Crippen molar-refractivity contribution >= 4 is 44.8 Å². The summed E-state index contributed by atoms with van der Waals surface area (Å²) in [7, 11) is 0. The Hall–Kier alpha value is -4.89. The van der Waals surface area contributed by atoms with Gasteiger partial charge in [-0.3, -0.25) is 4.79 Å². The van der Waals surface area contributed by atoms with E-state index in [1.165, 1.54) is 16.5 Å². The lowest BCUT2D eigenvalue weighted by atomic mass is 9.75. The summed E-state index contributed by atoms with van der Waals surface area (Å²) in [5, 5.41) is 3.38. The van der Waals surface area contributed by atoms with Gasteiger partial charge < -0.3 is 8.83 Å². The van der Waals surface area contributed by atoms with Crippen molar-refractivity contribution in [1.29, 1.82) is 0 Å². The molecule has 0 fully saturated rings. The predicted molar refractivity (Wildman–Crippen MR) is 166 cm³/mol. The SMILES string of the molecule is CC1(c2cccc3c4c(oc23)CCC=C4)C=CC(C(=O)c2ccc(-c3cccc4c3oc3ccccc34)cc2)=CC1. The maximum absolute atomic E-state index is 13.5. The van der Waals surface area contributed by atoms with Gasteiger partial charge in [-0.15, -0.1) is 0 Å². The maximum Gasteiger partial charge on any atom is 0.192 e. The third-order valence-electron chi connectivity index (χ3n) is 8.77. The van der Waals surface area contributed by atoms with E-state index in [0.29, 0.717) is 5.56 Å². The number of hydrogen-bond donors (Lipinski definition) is 0. The minimum absolute atomic E-state index is 0.0357. The van der Waals surface area contributed by atoms with Crippen molar-refractivity contribution in [3.05, 3.63) is 137 Å². The molecule has 2 aromatic heterocycles. The van der Waals surface area contributed by atoms with Crippen LogP contribution in [0.5, 0.6) is 0 Å². The average molecular weight is 533 g/mol. The first-order valence-corrected chi connectivity index (χ1v) is 14.3. The number of rotatable bonds is 4. The van der Waals surface area contributed by atoms with Crippen LogP contribution in [0.2, 0.25) is 0 Å². The Balaban J connectivity index is 1.07. The number of benzene rings is 4. The van der Waals surface area contributed by atoms with Crippen molar-refractivity contribution in [3.8, 4) is 11.1 Å². The predicted octanol–water partition coefficient (Wildman–Crippen LogP) is 9.99. The van der Waals surface area contributed by atoms with E-state index in [0.717, 1.165) is 69.2 Å². The van der Waals surface area contributed by atoms with E-state index < -0.39 is 0 Å². The summed E-state index contributed by atoms with van der Waals surface area (Å²) in [6, 6.07) is 28.6. The normalized spacial score (nSPS) is 18.2. The van der Waals surface area contributed by atoms with Crippen LogP contribution in [0.15, 0.2) is 124 Å². The topological polar surface area (TPSA) is 43.4 Å². The number of carbonyl (C=O) groups excluding carboxylic acids is 1. The molecule has 1 unspecified atom stereocenters. The molecule has 41 heavy (non-hydrogen) atoms. The number of fused-ring (bicyclic) bond motifs is 6. The Morgan fingerprint density at radius 2 is 1.59 bits per heavy atom. The molecule has 8 rings (SSSR count). The molecule has 0 amide bonds. The number of carbonyl (C=O) groups is 1. The number of para-hydroxylation sites is 3. The van der Waals surface area contributed by atoms with Gasteiger partial charge in [-0.2, -0.15) is 0 Å². The van der Waals surface area contributed by atoms with Crippen molar-refractivity contribution in [2.45, 2.75) is 31.6 Å². The molecule has 2 aliphatic carbocycles. The number of allylic oxidation sites excluding steroid dienone is 5. The monoisotopic (exact) mass is 532 g/mol. The highest BCUT2D eigenvalue weighted by atomic mass is 16.3. The lowest BCUT2D eigenvalue weighted by Gasteiger charge is -2.28. The quantitative estimate of drug-likeness (QED) is 0.212. The van der Waals surface area contributed by atoms with Gasteiger partial charge in [0.25, 0.3) is 0 Å². The third kappa shape index (κ3) is 3.76. The fourth-order valence-corrected chi connectivity index (χ4v) is 6.46. The first-order chi connectivity index (χ1) is 20.1. The van der Waals surface area contributed by atoms with Gasteiger partial charge in [-0.05, 0) is 24.5 Å². The minimum atomic E-state index is -0.247. The van der Waals surface area contributed by atoms with Gasteiger partial charge in [0.05, 0.1) is 0 Å². The fraction of sp³-hybridized carbons (Fsp3) is 0.132. The summed E-state index contributed by atoms with van der Waals surface area (Å²) in [4.78, 5) is 13.5. The molecule has 0 radical (unpaired) electrons. The van der Waals surface area contributed by atoms with Gasteiger partial charge in [-0.1, -0.05) is 116 Å². The summed E-state index contributed by atoms with van der Waals surface area (Å²) in [6.45, 7) is 2.22. The molecular formula is C38H28O3. The molecule has 0 saturated heterocycles. The van der Waals surface area contributed by atoms with Crippen LogP contribution in [-0.4, -0.2) is 5.78 Å². The summed E-state index contributed by atoms with van der Waals surface area (Å²) < 4.78 is 12.6. The molecule has 6 aromatic rings. The summed E-state index contributed by atoms with van der Waals surface area (Å²) in [6.07, 6.45) is 13.3. The minimum Gasteiger partial charge on any atom is -0.460 e. The van der Waals surface area contributed by atoms with Crippen LogP contribution in [-0.2, 0) is 11.8 Å². The third-order valence-corrected chi connectivity index (χ3v) is 8.77. The van der Waals surface area contributed by atoms with E-state index in [1.54, 1.807) is 0 Å². The van der Waals surface area contributed by atoms with Gasteiger partial charge >= 0.3 is 0 Å². The van der Waals surface area contributed by atoms with Crippen molar-refractivity contribution in [2.75, 3.05) is 0 Å². The molecule has 198 valence electrons. The van der Waals surface area contributed by atoms with Crippen molar-refractivity contribution in [3.63, 3.8) is 0 Å². The zero-order valence-corrected chi connectivity index (χ0v) is 22.8. The number of aryl methyl sites for hydroxylation is 1. The number of furan rings is 2. The summed E-state index contributed by atoms with van der Waals surface area (Å²) >= 11 is 0. The number of ketones is 1. The van der Waals surface area contributed by atoms with E-state index in [9.17, 15) is 4.79 Å². The summed E-state index contributed by atoms with van der Waals surface area (Å²) in [5.41, 5.74) is 8.30. The maximum atomic E-state index is 13.5. The van der Waals surface area contributed by atoms with Crippen LogP contribution in [0.1, 0.15) is 47.0 Å². The molecule has 0 spiro atoms. The molecule has 3 nitrogen and oxygen atoms in total. The number of Topliss-reactive ketones (excluding diaryl/α,β-unsaturated/α-hetero) is 1. The molecule has 1 atom stereocenters. The molecule has 0 saturated carbocycles. The lowest BCUT2D eigenvalue weighted by Crippen LogP contribution is -2.21. The van der Waals surface area contributed by atoms with Crippen molar-refractivity contribution in [2.24, 2.45) is 0 Å². The van der Waals surface area contributed by atoms with E-state index in [-0.39, 0.29) is 11.2 Å². The molecule has 2 aliphatic rings. The Morgan fingerprint density at radius 1 is 0.780 bits per heavy atom. The average Bonchev–Trinajstić information content (AvgIpc) is 3.60. The zero-order chi connectivity index (χ0) is 27.6. The second-order valence-corrected chi connectivity index (χ2v) is 11.4. The van der Waals surface area contributed by atoms with Crippen LogP contribution < -0.4 is 0 Å². The highest BCUT2D eigenvalue weighted by molar-refractivity contribution is 6.12. The van der Waals surface area contributed by atoms with E-state index in [4.69, 9.17) is 8.83 Å². The standard InChI is InChI=1S/C38H28O3/c1-38(32-13-7-12-31-29-9-3-5-15-34(29)41-37(31)32)22-20-26(21-23-38)35(39)25-18-16-24(17-19-25)27-10-6-11-30-28-8-2-4-14-33(28)40-36(27)30/h2-4,6-14,16-22H,5,15,23H2,1H3. The van der Waals surface area contributed by atoms with Crippen molar-refractivity contribution < 1.29 is 13.6 Å². The number of hydrogen-bond acceptors (Lipinski definition) is 3. The Morgan fingerprint density at radius 3 is 2.44 bits per heavy atom. The second kappa shape index (κ2) is 9.07. The van der Waals surface area contributed by atoms with Gasteiger partial charge in [0.2, 0.25) is 0 Å². The smallest absolute Gasteiger partial charge is 0.192 e. The van der Waals surface area contributed by atoms with Crippen LogP contribution in [0.25, 0.3) is 50.1 Å². The largest absolute Gasteiger partial charge is 0.460 e. The van der Waals surface area contributed by atoms with Crippen LogP contribution in [0.4, 0.5) is 0 Å². The van der Waals surface area contributed by atoms with E-state index >= 15 is 0 Å². The molecule has 0 aliphatic heterocycles. The first kappa shape index (κ1) is 24.0.